The third kappa shape index (κ3) is 19.9. The van der Waals surface area contributed by atoms with Gasteiger partial charge in [-0.05, 0) is 104 Å². The van der Waals surface area contributed by atoms with Crippen LogP contribution in [0.1, 0.15) is 51.4 Å². The van der Waals surface area contributed by atoms with E-state index in [0.717, 1.165) is 0 Å². The van der Waals surface area contributed by atoms with E-state index in [1.54, 1.807) is 0 Å². The van der Waals surface area contributed by atoms with Crippen LogP contribution in [0.25, 0.3) is 0 Å². The van der Waals surface area contributed by atoms with Crippen molar-refractivity contribution in [3.05, 3.63) is 0 Å². The maximum absolute atomic E-state index is 13.5. The lowest BCUT2D eigenvalue weighted by atomic mass is 10.1. The number of hydrogen-bond acceptors (Lipinski definition) is 17. The molecule has 0 unspecified atom stereocenters. The van der Waals surface area contributed by atoms with E-state index in [4.69, 9.17) is 51.6 Å². The van der Waals surface area contributed by atoms with Gasteiger partial charge in [0, 0.05) is 0 Å². The van der Waals surface area contributed by atoms with E-state index in [0.29, 0.717) is 0 Å². The minimum Gasteiger partial charge on any atom is -0.480 e. The molecule has 0 aliphatic carbocycles. The molecular weight excluding hydrogens is 752 g/mol. The highest BCUT2D eigenvalue weighted by atomic mass is 16.4. The molecule has 0 heterocycles. The van der Waals surface area contributed by atoms with Gasteiger partial charge in [0.2, 0.25) is 41.4 Å². The molecule has 0 saturated carbocycles. The Morgan fingerprint density at radius 1 is 0.316 bits per heavy atom. The standard InChI is InChI=1S/C32H66N16O9/c33-9-1-17(41)25(49)42-18(2-10-34)26(50)43-19(3-11-35)27(51)44-20(4-12-36)28(52)45-21(5-13-37)29(53)46-22(6-14-38)30(54)47-23(7-15-39)31(55)48-24(8-16-40)32(56)57/h17-24H,1-16,33-41H2,(H,42,49)(H,43,50)(H,44,51)(H,45,52)(H,46,53)(H,47,54)(H,48,55)(H,56,57)/t17-,18-,19-,20-,21-,22-,23-,24-/m0/s1. The zero-order valence-electron chi connectivity index (χ0n) is 32.3. The lowest BCUT2D eigenvalue weighted by Crippen LogP contribution is -2.61. The molecule has 0 fully saturated rings. The first-order valence-corrected chi connectivity index (χ1v) is 18.8. The smallest absolute Gasteiger partial charge is 0.326 e. The fourth-order valence-corrected chi connectivity index (χ4v) is 5.26. The predicted octanol–water partition coefficient (Wildman–Crippen LogP) is -9.42. The van der Waals surface area contributed by atoms with Crippen LogP contribution in [0, 0.1) is 0 Å². The summed E-state index contributed by atoms with van der Waals surface area (Å²) in [6.45, 7) is -0.317. The number of carbonyl (C=O) groups excluding carboxylic acids is 7. The molecule has 0 aromatic heterocycles. The summed E-state index contributed by atoms with van der Waals surface area (Å²) < 4.78 is 0. The van der Waals surface area contributed by atoms with Crippen LogP contribution in [0.5, 0.6) is 0 Å². The van der Waals surface area contributed by atoms with Gasteiger partial charge in [-0.3, -0.25) is 33.6 Å². The highest BCUT2D eigenvalue weighted by Gasteiger charge is 2.33. The number of carbonyl (C=O) groups is 8. The fourth-order valence-electron chi connectivity index (χ4n) is 5.26. The molecule has 0 rings (SSSR count). The quantitative estimate of drug-likeness (QED) is 0.0309. The first-order chi connectivity index (χ1) is 27.1. The first-order valence-electron chi connectivity index (χ1n) is 18.8. The van der Waals surface area contributed by atoms with Gasteiger partial charge in [0.15, 0.2) is 0 Å². The Balaban J connectivity index is 5.97. The molecule has 7 amide bonds. The molecule has 26 N–H and O–H groups in total. The summed E-state index contributed by atoms with van der Waals surface area (Å²) in [5.41, 5.74) is 50.8. The van der Waals surface area contributed by atoms with E-state index in [-0.39, 0.29) is 104 Å². The summed E-state index contributed by atoms with van der Waals surface area (Å²) in [5, 5.41) is 26.6. The normalized spacial score (nSPS) is 15.2. The highest BCUT2D eigenvalue weighted by molar-refractivity contribution is 5.97. The molecule has 0 aromatic carbocycles. The third-order valence-corrected chi connectivity index (χ3v) is 8.41. The second-order valence-corrected chi connectivity index (χ2v) is 13.0. The fraction of sp³-hybridized carbons (Fsp3) is 0.750. The van der Waals surface area contributed by atoms with Crippen LogP contribution in [0.4, 0.5) is 0 Å². The Morgan fingerprint density at radius 2 is 0.491 bits per heavy atom. The maximum atomic E-state index is 13.5. The van der Waals surface area contributed by atoms with E-state index in [1.807, 2.05) is 0 Å². The largest absolute Gasteiger partial charge is 0.480 e. The molecule has 328 valence electrons. The molecule has 0 aromatic rings. The van der Waals surface area contributed by atoms with E-state index < -0.39 is 95.7 Å². The number of carboxylic acid groups (broad SMARTS) is 1. The summed E-state index contributed by atoms with van der Waals surface area (Å²) in [6.07, 6.45) is -0.412. The van der Waals surface area contributed by atoms with Crippen LogP contribution in [-0.4, -0.2) is 153 Å². The van der Waals surface area contributed by atoms with E-state index >= 15 is 0 Å². The van der Waals surface area contributed by atoms with E-state index in [9.17, 15) is 43.5 Å². The topological polar surface area (TPSA) is 475 Å². The van der Waals surface area contributed by atoms with Gasteiger partial charge in [-0.15, -0.1) is 0 Å². The average Bonchev–Trinajstić information content (AvgIpc) is 3.16. The predicted molar refractivity (Wildman–Crippen MR) is 208 cm³/mol. The van der Waals surface area contributed by atoms with Gasteiger partial charge in [-0.2, -0.15) is 0 Å². The molecule has 0 aliphatic heterocycles. The summed E-state index contributed by atoms with van der Waals surface area (Å²) in [7, 11) is 0. The average molecular weight is 819 g/mol. The summed E-state index contributed by atoms with van der Waals surface area (Å²) in [5.74, 6) is -6.97. The van der Waals surface area contributed by atoms with Crippen LogP contribution >= 0.6 is 0 Å². The number of amides is 7. The second kappa shape index (κ2) is 29.6. The van der Waals surface area contributed by atoms with Crippen molar-refractivity contribution in [1.29, 1.82) is 0 Å². The lowest BCUT2D eigenvalue weighted by Gasteiger charge is -2.27. The molecule has 0 radical (unpaired) electrons. The van der Waals surface area contributed by atoms with Crippen LogP contribution in [0.15, 0.2) is 0 Å². The minimum atomic E-state index is -1.34. The van der Waals surface area contributed by atoms with Crippen molar-refractivity contribution in [2.24, 2.45) is 51.6 Å². The van der Waals surface area contributed by atoms with Gasteiger partial charge in [0.25, 0.3) is 0 Å². The Kier molecular flexibility index (Phi) is 27.2. The van der Waals surface area contributed by atoms with E-state index in [1.165, 1.54) is 0 Å². The van der Waals surface area contributed by atoms with Crippen LogP contribution < -0.4 is 88.8 Å². The van der Waals surface area contributed by atoms with Crippen molar-refractivity contribution in [3.63, 3.8) is 0 Å². The highest BCUT2D eigenvalue weighted by Crippen LogP contribution is 2.04. The first kappa shape index (κ1) is 52.4. The molecule has 0 spiro atoms. The number of carboxylic acids is 1. The van der Waals surface area contributed by atoms with Crippen molar-refractivity contribution in [2.45, 2.75) is 99.7 Å². The van der Waals surface area contributed by atoms with Crippen molar-refractivity contribution >= 4 is 47.3 Å². The third-order valence-electron chi connectivity index (χ3n) is 8.41. The Labute approximate surface area is 331 Å². The van der Waals surface area contributed by atoms with E-state index in [2.05, 4.69) is 37.2 Å². The van der Waals surface area contributed by atoms with Gasteiger partial charge in [-0.25, -0.2) is 4.79 Å². The monoisotopic (exact) mass is 819 g/mol. The summed E-state index contributed by atoms with van der Waals surface area (Å²) in [6, 6.07) is -10.00. The minimum absolute atomic E-state index is 0.00272. The zero-order valence-corrected chi connectivity index (χ0v) is 32.3. The molecule has 8 atom stereocenters. The SMILES string of the molecule is NCC[C@H](NC(=O)[C@H](CCN)NC(=O)[C@H](CCN)NC(=O)[C@H](CCN)NC(=O)[C@H](CCN)NC(=O)[C@H](CCN)NC(=O)[C@H](CCN)NC(=O)[C@@H](N)CCN)C(=O)O. The van der Waals surface area contributed by atoms with Gasteiger partial charge in [0.1, 0.15) is 42.3 Å². The number of hydrogen-bond donors (Lipinski definition) is 17. The molecule has 25 nitrogen and oxygen atoms in total. The van der Waals surface area contributed by atoms with Crippen LogP contribution in [-0.2, 0) is 38.4 Å². The van der Waals surface area contributed by atoms with Gasteiger partial charge >= 0.3 is 5.97 Å². The molecule has 25 heteroatoms. The van der Waals surface area contributed by atoms with Gasteiger partial charge < -0.3 is 93.9 Å². The van der Waals surface area contributed by atoms with Crippen LogP contribution in [0.2, 0.25) is 0 Å². The van der Waals surface area contributed by atoms with Crippen molar-refractivity contribution in [2.75, 3.05) is 52.4 Å². The molecule has 0 aliphatic rings. The molecular formula is C32H66N16O9. The Morgan fingerprint density at radius 3 is 0.684 bits per heavy atom. The summed E-state index contributed by atoms with van der Waals surface area (Å²) in [4.78, 5) is 104. The maximum Gasteiger partial charge on any atom is 0.326 e. The van der Waals surface area contributed by atoms with Crippen LogP contribution in [0.3, 0.4) is 0 Å². The Hall–Kier alpha value is -4.60. The summed E-state index contributed by atoms with van der Waals surface area (Å²) >= 11 is 0. The number of rotatable bonds is 31. The van der Waals surface area contributed by atoms with Gasteiger partial charge in [-0.1, -0.05) is 0 Å². The zero-order chi connectivity index (χ0) is 43.5. The van der Waals surface area contributed by atoms with Gasteiger partial charge in [0.05, 0.1) is 6.04 Å². The second-order valence-electron chi connectivity index (χ2n) is 13.0. The van der Waals surface area contributed by atoms with Crippen molar-refractivity contribution in [1.82, 2.24) is 37.2 Å². The van der Waals surface area contributed by atoms with Crippen molar-refractivity contribution in [3.8, 4) is 0 Å². The number of nitrogens with two attached hydrogens (primary N) is 9. The molecule has 57 heavy (non-hydrogen) atoms. The molecule has 0 bridgehead atoms. The number of nitrogens with one attached hydrogen (secondary N) is 7. The molecule has 0 saturated heterocycles. The Bertz CT molecular complexity index is 1300. The van der Waals surface area contributed by atoms with Crippen molar-refractivity contribution < 1.29 is 43.5 Å². The lowest BCUT2D eigenvalue weighted by molar-refractivity contribution is -0.142. The number of aliphatic carboxylic acids is 1.